The van der Waals surface area contributed by atoms with Crippen LogP contribution in [0.2, 0.25) is 0 Å². The van der Waals surface area contributed by atoms with Crippen LogP contribution >= 0.6 is 0 Å². The van der Waals surface area contributed by atoms with Crippen molar-refractivity contribution in [1.82, 2.24) is 19.1 Å². The van der Waals surface area contributed by atoms with Gasteiger partial charge in [0.05, 0.1) is 0 Å². The molecule has 0 saturated heterocycles. The molecule has 2 aromatic heterocycles. The fraction of sp³-hybridized carbons (Fsp3) is 0.417. The van der Waals surface area contributed by atoms with Gasteiger partial charge in [-0.3, -0.25) is 13.9 Å². The third kappa shape index (κ3) is 1.90. The highest BCUT2D eigenvalue weighted by atomic mass is 16.2. The average Bonchev–Trinajstić information content (AvgIpc) is 2.78. The molecule has 0 saturated carbocycles. The minimum atomic E-state index is -0.366. The summed E-state index contributed by atoms with van der Waals surface area (Å²) in [6.45, 7) is 2.05. The van der Waals surface area contributed by atoms with Crippen molar-refractivity contribution in [2.45, 2.75) is 19.8 Å². The number of hydrogen-bond acceptors (Lipinski definition) is 3. The number of hydrogen-bond donors (Lipinski definition) is 1. The first-order valence-electron chi connectivity index (χ1n) is 5.85. The van der Waals surface area contributed by atoms with Crippen LogP contribution in [0.5, 0.6) is 0 Å². The Morgan fingerprint density at radius 1 is 1.22 bits per heavy atom. The van der Waals surface area contributed by atoms with Crippen molar-refractivity contribution < 1.29 is 0 Å². The summed E-state index contributed by atoms with van der Waals surface area (Å²) >= 11 is 0. The van der Waals surface area contributed by atoms with Gasteiger partial charge in [-0.05, 0) is 6.42 Å². The summed E-state index contributed by atoms with van der Waals surface area (Å²) in [6.07, 6.45) is 5.60. The Kier molecular flexibility index (Phi) is 3.18. The van der Waals surface area contributed by atoms with Crippen LogP contribution < -0.4 is 11.2 Å². The summed E-state index contributed by atoms with van der Waals surface area (Å²) < 4.78 is 2.45. The Labute approximate surface area is 104 Å². The quantitative estimate of drug-likeness (QED) is 0.802. The van der Waals surface area contributed by atoms with Gasteiger partial charge in [-0.15, -0.1) is 0 Å². The van der Waals surface area contributed by atoms with Gasteiger partial charge in [0.2, 0.25) is 0 Å². The van der Waals surface area contributed by atoms with Crippen molar-refractivity contribution >= 4 is 11.2 Å². The molecule has 2 heterocycles. The minimum Gasteiger partial charge on any atom is -0.336 e. The molecule has 0 radical (unpaired) electrons. The van der Waals surface area contributed by atoms with Crippen molar-refractivity contribution in [3.8, 4) is 0 Å². The second-order valence-electron chi connectivity index (χ2n) is 4.17. The molecule has 6 nitrogen and oxygen atoms in total. The third-order valence-electron chi connectivity index (χ3n) is 2.86. The maximum atomic E-state index is 11.9. The highest BCUT2D eigenvalue weighted by Crippen LogP contribution is 2.05. The second-order valence-corrected chi connectivity index (χ2v) is 4.17. The van der Waals surface area contributed by atoms with Crippen LogP contribution in [0.25, 0.3) is 11.2 Å². The number of aryl methyl sites for hydroxylation is 1. The van der Waals surface area contributed by atoms with Gasteiger partial charge in [-0.2, -0.15) is 0 Å². The molecule has 0 aliphatic rings. The molecule has 0 bridgehead atoms. The van der Waals surface area contributed by atoms with Crippen LogP contribution in [0.4, 0.5) is 0 Å². The lowest BCUT2D eigenvalue weighted by molar-refractivity contribution is 0.708. The van der Waals surface area contributed by atoms with E-state index in [1.807, 2.05) is 12.2 Å². The Bertz CT molecular complexity index is 718. The number of imidazole rings is 1. The molecule has 0 amide bonds. The predicted octanol–water partition coefficient (Wildman–Crippen LogP) is 0.469. The summed E-state index contributed by atoms with van der Waals surface area (Å²) in [5.74, 6) is 0.688. The molecule has 96 valence electrons. The minimum absolute atomic E-state index is 0.341. The molecule has 1 N–H and O–H groups in total. The molecule has 0 unspecified atom stereocenters. The van der Waals surface area contributed by atoms with Gasteiger partial charge in [0.1, 0.15) is 11.3 Å². The summed E-state index contributed by atoms with van der Waals surface area (Å²) in [5.41, 5.74) is 0.0727. The monoisotopic (exact) mass is 248 g/mol. The molecular formula is C12H16N4O2. The molecular weight excluding hydrogens is 232 g/mol. The Morgan fingerprint density at radius 2 is 1.94 bits per heavy atom. The molecule has 0 fully saturated rings. The number of fused-ring (bicyclic) bond motifs is 1. The highest BCUT2D eigenvalue weighted by molar-refractivity contribution is 5.69. The second kappa shape index (κ2) is 4.64. The van der Waals surface area contributed by atoms with Crippen molar-refractivity contribution in [3.63, 3.8) is 0 Å². The molecule has 0 aliphatic carbocycles. The van der Waals surface area contributed by atoms with Gasteiger partial charge in [-0.25, -0.2) is 9.78 Å². The van der Waals surface area contributed by atoms with E-state index in [-0.39, 0.29) is 11.2 Å². The molecule has 18 heavy (non-hydrogen) atoms. The average molecular weight is 248 g/mol. The van der Waals surface area contributed by atoms with Gasteiger partial charge < -0.3 is 4.98 Å². The first kappa shape index (κ1) is 12.3. The largest absolute Gasteiger partial charge is 0.336 e. The maximum absolute atomic E-state index is 11.9. The van der Waals surface area contributed by atoms with Crippen LogP contribution in [0.1, 0.15) is 19.2 Å². The number of aromatic amines is 1. The van der Waals surface area contributed by atoms with Crippen LogP contribution in [-0.4, -0.2) is 19.1 Å². The molecule has 2 aromatic rings. The Morgan fingerprint density at radius 3 is 2.61 bits per heavy atom. The van der Waals surface area contributed by atoms with Crippen molar-refractivity contribution in [3.05, 3.63) is 38.8 Å². The molecule has 2 rings (SSSR count). The first-order chi connectivity index (χ1) is 8.56. The first-order valence-corrected chi connectivity index (χ1v) is 5.85. The van der Waals surface area contributed by atoms with Crippen molar-refractivity contribution in [2.24, 2.45) is 14.1 Å². The van der Waals surface area contributed by atoms with E-state index in [0.29, 0.717) is 23.4 Å². The normalized spacial score (nSPS) is 11.7. The van der Waals surface area contributed by atoms with Crippen LogP contribution in [0.15, 0.2) is 21.7 Å². The smallest absolute Gasteiger partial charge is 0.332 e. The number of nitrogens with zero attached hydrogens (tertiary/aromatic N) is 3. The van der Waals surface area contributed by atoms with Crippen LogP contribution in [0.3, 0.4) is 0 Å². The van der Waals surface area contributed by atoms with Gasteiger partial charge in [0.15, 0.2) is 5.65 Å². The van der Waals surface area contributed by atoms with Crippen LogP contribution in [0, 0.1) is 0 Å². The summed E-state index contributed by atoms with van der Waals surface area (Å²) in [4.78, 5) is 30.9. The lowest BCUT2D eigenvalue weighted by Crippen LogP contribution is -2.36. The molecule has 0 aliphatic heterocycles. The van der Waals surface area contributed by atoms with Gasteiger partial charge >= 0.3 is 5.69 Å². The van der Waals surface area contributed by atoms with Crippen molar-refractivity contribution in [2.75, 3.05) is 0 Å². The molecule has 6 heteroatoms. The SMILES string of the molecule is CC/C=C/Cc1nc2c([nH]1)c(=O)n(C)c(=O)n2C. The van der Waals surface area contributed by atoms with E-state index in [1.165, 1.54) is 11.6 Å². The topological polar surface area (TPSA) is 72.7 Å². The fourth-order valence-electron chi connectivity index (χ4n) is 1.83. The number of aromatic nitrogens is 4. The Balaban J connectivity index is 2.61. The predicted molar refractivity (Wildman–Crippen MR) is 69.7 cm³/mol. The zero-order chi connectivity index (χ0) is 13.3. The number of nitrogens with one attached hydrogen (secondary N) is 1. The zero-order valence-corrected chi connectivity index (χ0v) is 10.7. The van der Waals surface area contributed by atoms with E-state index >= 15 is 0 Å². The van der Waals surface area contributed by atoms with E-state index in [2.05, 4.69) is 16.9 Å². The number of allylic oxidation sites excluding steroid dienone is 2. The van der Waals surface area contributed by atoms with E-state index in [1.54, 1.807) is 7.05 Å². The van der Waals surface area contributed by atoms with Gasteiger partial charge in [0.25, 0.3) is 5.56 Å². The van der Waals surface area contributed by atoms with E-state index < -0.39 is 0 Å². The van der Waals surface area contributed by atoms with E-state index in [4.69, 9.17) is 0 Å². The highest BCUT2D eigenvalue weighted by Gasteiger charge is 2.12. The van der Waals surface area contributed by atoms with E-state index in [0.717, 1.165) is 11.0 Å². The van der Waals surface area contributed by atoms with Crippen molar-refractivity contribution in [1.29, 1.82) is 0 Å². The van der Waals surface area contributed by atoms with Gasteiger partial charge in [0, 0.05) is 20.5 Å². The summed E-state index contributed by atoms with van der Waals surface area (Å²) in [7, 11) is 3.07. The standard InChI is InChI=1S/C12H16N4O2/c1-4-5-6-7-8-13-9-10(14-8)15(2)12(18)16(3)11(9)17/h5-6H,4,7H2,1-3H3,(H,13,14)/b6-5+. The van der Waals surface area contributed by atoms with E-state index in [9.17, 15) is 9.59 Å². The lowest BCUT2D eigenvalue weighted by Gasteiger charge is -2.00. The zero-order valence-electron chi connectivity index (χ0n) is 10.7. The Hall–Kier alpha value is -2.11. The van der Waals surface area contributed by atoms with Crippen LogP contribution in [-0.2, 0) is 20.5 Å². The fourth-order valence-corrected chi connectivity index (χ4v) is 1.83. The molecule has 0 spiro atoms. The maximum Gasteiger partial charge on any atom is 0.332 e. The summed E-state index contributed by atoms with van der Waals surface area (Å²) in [5, 5.41) is 0. The number of H-pyrrole nitrogens is 1. The van der Waals surface area contributed by atoms with Gasteiger partial charge in [-0.1, -0.05) is 19.1 Å². The lowest BCUT2D eigenvalue weighted by atomic mass is 10.3. The number of rotatable bonds is 3. The third-order valence-corrected chi connectivity index (χ3v) is 2.86. The molecule has 0 aromatic carbocycles. The molecule has 0 atom stereocenters. The summed E-state index contributed by atoms with van der Waals surface area (Å²) in [6, 6.07) is 0.